The lowest BCUT2D eigenvalue weighted by Crippen LogP contribution is -2.08. The van der Waals surface area contributed by atoms with Crippen molar-refractivity contribution in [3.63, 3.8) is 0 Å². The van der Waals surface area contributed by atoms with E-state index in [4.69, 9.17) is 10.3 Å². The van der Waals surface area contributed by atoms with E-state index in [1.807, 2.05) is 0 Å². The quantitative estimate of drug-likeness (QED) is 0.745. The third-order valence-electron chi connectivity index (χ3n) is 1.62. The highest BCUT2D eigenvalue weighted by molar-refractivity contribution is 7.66. The van der Waals surface area contributed by atoms with E-state index in [1.165, 1.54) is 6.20 Å². The molecule has 4 nitrogen and oxygen atoms in total. The third-order valence-corrected chi connectivity index (χ3v) is 3.57. The van der Waals surface area contributed by atoms with Crippen molar-refractivity contribution in [3.8, 4) is 0 Å². The van der Waals surface area contributed by atoms with Gasteiger partial charge in [-0.05, 0) is 19.1 Å². The van der Waals surface area contributed by atoms with Crippen LogP contribution in [-0.4, -0.2) is 18.3 Å². The van der Waals surface area contributed by atoms with Crippen LogP contribution in [0.1, 0.15) is 6.92 Å². The fourth-order valence-electron chi connectivity index (χ4n) is 0.959. The molecule has 0 spiro atoms. The molecule has 0 bridgehead atoms. The maximum absolute atomic E-state index is 11.8. The van der Waals surface area contributed by atoms with Gasteiger partial charge >= 0.3 is 0 Å². The van der Waals surface area contributed by atoms with Crippen molar-refractivity contribution in [3.05, 3.63) is 18.3 Å². The average Bonchev–Trinajstić information content (AvgIpc) is 2.05. The topological polar surface area (TPSA) is 65.2 Å². The van der Waals surface area contributed by atoms with Crippen molar-refractivity contribution in [2.75, 3.05) is 19.0 Å². The third kappa shape index (κ3) is 2.54. The number of hydrogen-bond donors (Lipinski definition) is 1. The number of aromatic nitrogens is 1. The molecule has 1 aromatic heterocycles. The van der Waals surface area contributed by atoms with Gasteiger partial charge in [-0.25, -0.2) is 4.98 Å². The van der Waals surface area contributed by atoms with Gasteiger partial charge in [0.05, 0.1) is 11.9 Å². The van der Waals surface area contributed by atoms with E-state index in [2.05, 4.69) is 4.98 Å². The van der Waals surface area contributed by atoms with Gasteiger partial charge < -0.3 is 10.3 Å². The Morgan fingerprint density at radius 1 is 1.62 bits per heavy atom. The molecule has 0 amide bonds. The van der Waals surface area contributed by atoms with E-state index in [-0.39, 0.29) is 0 Å². The minimum atomic E-state index is -2.68. The summed E-state index contributed by atoms with van der Waals surface area (Å²) in [7, 11) is -2.68. The average molecular weight is 200 g/mol. The highest BCUT2D eigenvalue weighted by Gasteiger charge is 2.18. The summed E-state index contributed by atoms with van der Waals surface area (Å²) in [5.41, 5.74) is 5.40. The summed E-state index contributed by atoms with van der Waals surface area (Å²) < 4.78 is 17.0. The second kappa shape index (κ2) is 3.90. The first-order chi connectivity index (χ1) is 6.06. The largest absolute Gasteiger partial charge is 0.384 e. The maximum Gasteiger partial charge on any atom is 0.230 e. The zero-order valence-electron chi connectivity index (χ0n) is 7.73. The molecule has 13 heavy (non-hydrogen) atoms. The van der Waals surface area contributed by atoms with Crippen LogP contribution in [0.4, 0.5) is 5.82 Å². The lowest BCUT2D eigenvalue weighted by Gasteiger charge is -2.11. The van der Waals surface area contributed by atoms with E-state index in [1.54, 1.807) is 25.7 Å². The molecule has 0 saturated heterocycles. The summed E-state index contributed by atoms with van der Waals surface area (Å²) >= 11 is 0. The monoisotopic (exact) mass is 200 g/mol. The number of nitrogen functional groups attached to an aromatic ring is 1. The first kappa shape index (κ1) is 10.2. The van der Waals surface area contributed by atoms with E-state index in [0.717, 1.165) is 0 Å². The van der Waals surface area contributed by atoms with E-state index < -0.39 is 7.37 Å². The Morgan fingerprint density at radius 3 is 2.77 bits per heavy atom. The molecule has 2 N–H and O–H groups in total. The predicted octanol–water partition coefficient (Wildman–Crippen LogP) is 1.23. The van der Waals surface area contributed by atoms with Crippen molar-refractivity contribution in [1.29, 1.82) is 0 Å². The molecule has 0 saturated carbocycles. The SMILES string of the molecule is CCOP(C)(=O)c1ccc(N)nc1. The number of pyridine rings is 1. The van der Waals surface area contributed by atoms with Gasteiger partial charge in [-0.1, -0.05) is 0 Å². The minimum Gasteiger partial charge on any atom is -0.384 e. The minimum absolute atomic E-state index is 0.417. The first-order valence-electron chi connectivity index (χ1n) is 4.00. The number of nitrogens with two attached hydrogens (primary N) is 1. The van der Waals surface area contributed by atoms with Crippen LogP contribution in [0.25, 0.3) is 0 Å². The lowest BCUT2D eigenvalue weighted by atomic mass is 10.5. The Balaban J connectivity index is 2.94. The Morgan fingerprint density at radius 2 is 2.31 bits per heavy atom. The molecule has 0 fully saturated rings. The van der Waals surface area contributed by atoms with Crippen LogP contribution in [0.5, 0.6) is 0 Å². The molecule has 0 aliphatic heterocycles. The van der Waals surface area contributed by atoms with Gasteiger partial charge in [-0.2, -0.15) is 0 Å². The molecule has 1 aromatic rings. The van der Waals surface area contributed by atoms with E-state index in [9.17, 15) is 4.57 Å². The molecule has 1 heterocycles. The fraction of sp³-hybridized carbons (Fsp3) is 0.375. The Kier molecular flexibility index (Phi) is 3.07. The molecule has 1 atom stereocenters. The van der Waals surface area contributed by atoms with Crippen LogP contribution < -0.4 is 11.0 Å². The lowest BCUT2D eigenvalue weighted by molar-refractivity contribution is 0.345. The molecule has 0 aliphatic carbocycles. The van der Waals surface area contributed by atoms with Crippen LogP contribution >= 0.6 is 7.37 Å². The van der Waals surface area contributed by atoms with Crippen LogP contribution in [0, 0.1) is 0 Å². The first-order valence-corrected chi connectivity index (χ1v) is 6.07. The zero-order valence-corrected chi connectivity index (χ0v) is 8.62. The van der Waals surface area contributed by atoms with Crippen molar-refractivity contribution in [2.24, 2.45) is 0 Å². The zero-order chi connectivity index (χ0) is 9.90. The number of anilines is 1. The Labute approximate surface area is 77.6 Å². The van der Waals surface area contributed by atoms with Gasteiger partial charge in [0.15, 0.2) is 0 Å². The number of hydrogen-bond acceptors (Lipinski definition) is 4. The van der Waals surface area contributed by atoms with E-state index in [0.29, 0.717) is 17.7 Å². The number of rotatable bonds is 3. The summed E-state index contributed by atoms with van der Waals surface area (Å²) in [6, 6.07) is 3.29. The smallest absolute Gasteiger partial charge is 0.230 e. The Bertz CT molecular complexity index is 323. The summed E-state index contributed by atoms with van der Waals surface area (Å²) in [6.45, 7) is 3.81. The second-order valence-corrected chi connectivity index (χ2v) is 5.17. The van der Waals surface area contributed by atoms with E-state index >= 15 is 0 Å². The Hall–Kier alpha value is -0.860. The molecular weight excluding hydrogens is 187 g/mol. The molecule has 1 rings (SSSR count). The van der Waals surface area contributed by atoms with Crippen molar-refractivity contribution >= 4 is 18.5 Å². The van der Waals surface area contributed by atoms with Crippen molar-refractivity contribution in [1.82, 2.24) is 4.98 Å². The highest BCUT2D eigenvalue weighted by Crippen LogP contribution is 2.40. The van der Waals surface area contributed by atoms with Crippen LogP contribution in [0.15, 0.2) is 18.3 Å². The summed E-state index contributed by atoms with van der Waals surface area (Å²) in [5.74, 6) is 0.417. The van der Waals surface area contributed by atoms with Crippen LogP contribution in [0.2, 0.25) is 0 Å². The van der Waals surface area contributed by atoms with Crippen LogP contribution in [0.3, 0.4) is 0 Å². The summed E-state index contributed by atoms with van der Waals surface area (Å²) in [5, 5.41) is 0.601. The highest BCUT2D eigenvalue weighted by atomic mass is 31.2. The second-order valence-electron chi connectivity index (χ2n) is 2.70. The summed E-state index contributed by atoms with van der Waals surface area (Å²) in [6.07, 6.45) is 1.49. The molecule has 72 valence electrons. The van der Waals surface area contributed by atoms with Gasteiger partial charge in [0.25, 0.3) is 0 Å². The van der Waals surface area contributed by atoms with Crippen molar-refractivity contribution in [2.45, 2.75) is 6.92 Å². The molecule has 1 unspecified atom stereocenters. The van der Waals surface area contributed by atoms with Gasteiger partial charge in [-0.3, -0.25) is 4.57 Å². The van der Waals surface area contributed by atoms with Crippen molar-refractivity contribution < 1.29 is 9.09 Å². The number of nitrogens with zero attached hydrogens (tertiary/aromatic N) is 1. The predicted molar refractivity (Wildman–Crippen MR) is 53.4 cm³/mol. The molecule has 0 aromatic carbocycles. The normalized spacial score (nSPS) is 15.2. The van der Waals surface area contributed by atoms with Gasteiger partial charge in [0.2, 0.25) is 7.37 Å². The van der Waals surface area contributed by atoms with Gasteiger partial charge in [0.1, 0.15) is 5.82 Å². The molecule has 0 radical (unpaired) electrons. The van der Waals surface area contributed by atoms with Gasteiger partial charge in [-0.15, -0.1) is 0 Å². The maximum atomic E-state index is 11.8. The fourth-order valence-corrected chi connectivity index (χ4v) is 2.21. The summed E-state index contributed by atoms with van der Waals surface area (Å²) in [4.78, 5) is 3.85. The molecule has 5 heteroatoms. The van der Waals surface area contributed by atoms with Gasteiger partial charge in [0, 0.05) is 12.9 Å². The standard InChI is InChI=1S/C8H13N2O2P/c1-3-12-13(2,11)7-4-5-8(9)10-6-7/h4-6H,3H2,1-2H3,(H2,9,10). The molecular formula is C8H13N2O2P. The van der Waals surface area contributed by atoms with Crippen LogP contribution in [-0.2, 0) is 9.09 Å². The molecule has 0 aliphatic rings.